The van der Waals surface area contributed by atoms with E-state index in [9.17, 15) is 10.1 Å². The van der Waals surface area contributed by atoms with Crippen molar-refractivity contribution >= 4 is 22.1 Å². The van der Waals surface area contributed by atoms with Gasteiger partial charge in [0.05, 0.1) is 11.0 Å². The molecule has 128 valence electrons. The Bertz CT molecular complexity index is 1050. The average Bonchev–Trinajstić information content (AvgIpc) is 3.16. The molecule has 0 aromatic heterocycles. The zero-order chi connectivity index (χ0) is 17.7. The molecule has 5 rings (SSSR count). The van der Waals surface area contributed by atoms with Crippen LogP contribution in [0.25, 0.3) is 10.8 Å². The summed E-state index contributed by atoms with van der Waals surface area (Å²) in [5.41, 5.74) is 3.08. The van der Waals surface area contributed by atoms with E-state index in [1.165, 1.54) is 16.3 Å². The maximum Gasteiger partial charge on any atom is 0.292 e. The number of para-hydroxylation sites is 1. The van der Waals surface area contributed by atoms with Gasteiger partial charge in [0.25, 0.3) is 5.69 Å². The summed E-state index contributed by atoms with van der Waals surface area (Å²) in [6, 6.07) is 20.1. The van der Waals surface area contributed by atoms with E-state index in [4.69, 9.17) is 0 Å². The first kappa shape index (κ1) is 15.1. The van der Waals surface area contributed by atoms with Gasteiger partial charge in [0.1, 0.15) is 5.69 Å². The second kappa shape index (κ2) is 5.70. The summed E-state index contributed by atoms with van der Waals surface area (Å²) in [4.78, 5) is 11.3. The monoisotopic (exact) mass is 342 g/mol. The molecule has 3 aromatic carbocycles. The molecule has 3 atom stereocenters. The Kier molecular flexibility index (Phi) is 3.32. The van der Waals surface area contributed by atoms with Gasteiger partial charge in [-0.25, -0.2) is 0 Å². The summed E-state index contributed by atoms with van der Waals surface area (Å²) in [5.74, 6) is 0.588. The number of nitrogens with zero attached hydrogens (tertiary/aromatic N) is 1. The van der Waals surface area contributed by atoms with Gasteiger partial charge in [-0.05, 0) is 34.2 Å². The number of fused-ring (bicyclic) bond motifs is 4. The molecule has 1 unspecified atom stereocenters. The number of nitro benzene ring substituents is 1. The number of allylic oxidation sites excluding steroid dienone is 2. The SMILES string of the molecule is O=[N+]([O-])c1cccc2c1NC(c1cccc3ccccc13)[C@H]1CC=C[C@@H]21. The first-order valence-electron chi connectivity index (χ1n) is 8.92. The normalized spacial score (nSPS) is 23.3. The third-order valence-corrected chi connectivity index (χ3v) is 5.73. The molecule has 0 amide bonds. The Morgan fingerprint density at radius 1 is 0.962 bits per heavy atom. The second-order valence-electron chi connectivity index (χ2n) is 7.04. The van der Waals surface area contributed by atoms with Crippen molar-refractivity contribution < 1.29 is 4.92 Å². The van der Waals surface area contributed by atoms with Crippen LogP contribution in [0.2, 0.25) is 0 Å². The lowest BCUT2D eigenvalue weighted by atomic mass is 9.76. The van der Waals surface area contributed by atoms with Crippen molar-refractivity contribution in [1.82, 2.24) is 0 Å². The van der Waals surface area contributed by atoms with E-state index >= 15 is 0 Å². The number of anilines is 1. The zero-order valence-corrected chi connectivity index (χ0v) is 14.1. The van der Waals surface area contributed by atoms with Crippen molar-refractivity contribution in [3.8, 4) is 0 Å². The van der Waals surface area contributed by atoms with E-state index in [1.807, 2.05) is 12.1 Å². The van der Waals surface area contributed by atoms with Gasteiger partial charge in [-0.1, -0.05) is 66.7 Å². The minimum absolute atomic E-state index is 0.0506. The van der Waals surface area contributed by atoms with Crippen LogP contribution >= 0.6 is 0 Å². The largest absolute Gasteiger partial charge is 0.372 e. The minimum atomic E-state index is -0.287. The molecule has 26 heavy (non-hydrogen) atoms. The Hall–Kier alpha value is -3.14. The Balaban J connectivity index is 1.71. The Morgan fingerprint density at radius 2 is 1.73 bits per heavy atom. The maximum atomic E-state index is 11.6. The lowest BCUT2D eigenvalue weighted by Crippen LogP contribution is -2.29. The summed E-state index contributed by atoms with van der Waals surface area (Å²) in [6.45, 7) is 0. The summed E-state index contributed by atoms with van der Waals surface area (Å²) < 4.78 is 0. The molecule has 0 saturated carbocycles. The molecule has 4 heteroatoms. The Morgan fingerprint density at radius 3 is 2.62 bits per heavy atom. The van der Waals surface area contributed by atoms with Crippen LogP contribution in [0, 0.1) is 16.0 Å². The van der Waals surface area contributed by atoms with Crippen molar-refractivity contribution in [2.75, 3.05) is 5.32 Å². The van der Waals surface area contributed by atoms with E-state index < -0.39 is 0 Å². The molecule has 1 heterocycles. The van der Waals surface area contributed by atoms with Crippen molar-refractivity contribution in [1.29, 1.82) is 0 Å². The van der Waals surface area contributed by atoms with Gasteiger partial charge in [0.15, 0.2) is 0 Å². The van der Waals surface area contributed by atoms with E-state index in [2.05, 4.69) is 53.9 Å². The predicted molar refractivity (Wildman–Crippen MR) is 103 cm³/mol. The molecule has 4 nitrogen and oxygen atoms in total. The van der Waals surface area contributed by atoms with Crippen molar-refractivity contribution in [2.24, 2.45) is 5.92 Å². The van der Waals surface area contributed by atoms with Gasteiger partial charge in [-0.15, -0.1) is 0 Å². The molecule has 1 N–H and O–H groups in total. The molecule has 1 aliphatic heterocycles. The fourth-order valence-corrected chi connectivity index (χ4v) is 4.59. The lowest BCUT2D eigenvalue weighted by Gasteiger charge is -2.37. The molecule has 0 saturated heterocycles. The van der Waals surface area contributed by atoms with Crippen LogP contribution in [-0.2, 0) is 0 Å². The third-order valence-electron chi connectivity index (χ3n) is 5.73. The van der Waals surface area contributed by atoms with Crippen molar-refractivity contribution in [2.45, 2.75) is 18.4 Å². The van der Waals surface area contributed by atoms with Gasteiger partial charge in [-0.2, -0.15) is 0 Å². The van der Waals surface area contributed by atoms with Crippen LogP contribution in [0.4, 0.5) is 11.4 Å². The summed E-state index contributed by atoms with van der Waals surface area (Å²) in [5, 5.41) is 17.5. The van der Waals surface area contributed by atoms with Crippen LogP contribution in [0.1, 0.15) is 29.5 Å². The molecule has 0 bridgehead atoms. The van der Waals surface area contributed by atoms with Crippen molar-refractivity contribution in [3.05, 3.63) is 94.1 Å². The van der Waals surface area contributed by atoms with Gasteiger partial charge >= 0.3 is 0 Å². The fourth-order valence-electron chi connectivity index (χ4n) is 4.59. The zero-order valence-electron chi connectivity index (χ0n) is 14.1. The smallest absolute Gasteiger partial charge is 0.292 e. The highest BCUT2D eigenvalue weighted by Gasteiger charge is 2.40. The predicted octanol–water partition coefficient (Wildman–Crippen LogP) is 5.57. The number of nitro groups is 1. The highest BCUT2D eigenvalue weighted by atomic mass is 16.6. The summed E-state index contributed by atoms with van der Waals surface area (Å²) in [6.07, 6.45) is 5.41. The number of hydrogen-bond acceptors (Lipinski definition) is 3. The van der Waals surface area contributed by atoms with Crippen molar-refractivity contribution in [3.63, 3.8) is 0 Å². The topological polar surface area (TPSA) is 55.2 Å². The minimum Gasteiger partial charge on any atom is -0.372 e. The van der Waals surface area contributed by atoms with E-state index in [-0.39, 0.29) is 22.6 Å². The molecule has 0 fully saturated rings. The number of nitrogens with one attached hydrogen (secondary N) is 1. The number of rotatable bonds is 2. The standard InChI is InChI=1S/C22H18N2O2/c25-24(26)20-13-5-12-19-16-9-4-11-18(16)21(23-22(19)20)17-10-3-7-14-6-1-2-8-15(14)17/h1-10,12-13,16,18,21,23H,11H2/t16-,18+,21?/m1/s1. The fraction of sp³-hybridized carbons (Fsp3) is 0.182. The first-order valence-corrected chi connectivity index (χ1v) is 8.92. The average molecular weight is 342 g/mol. The van der Waals surface area contributed by atoms with Gasteiger partial charge in [-0.3, -0.25) is 10.1 Å². The van der Waals surface area contributed by atoms with E-state index in [0.29, 0.717) is 11.6 Å². The maximum absolute atomic E-state index is 11.6. The Labute approximate surface area is 151 Å². The molecule has 0 spiro atoms. The third kappa shape index (κ3) is 2.15. The van der Waals surface area contributed by atoms with E-state index in [1.54, 1.807) is 12.1 Å². The van der Waals surface area contributed by atoms with Crippen LogP contribution in [0.5, 0.6) is 0 Å². The van der Waals surface area contributed by atoms with Crippen LogP contribution in [-0.4, -0.2) is 4.92 Å². The van der Waals surface area contributed by atoms with Gasteiger partial charge < -0.3 is 5.32 Å². The number of hydrogen-bond donors (Lipinski definition) is 1. The molecule has 1 aliphatic carbocycles. The van der Waals surface area contributed by atoms with E-state index in [0.717, 1.165) is 12.0 Å². The molecule has 2 aliphatic rings. The molecule has 3 aromatic rings. The lowest BCUT2D eigenvalue weighted by molar-refractivity contribution is -0.384. The molecule has 0 radical (unpaired) electrons. The first-order chi connectivity index (χ1) is 12.7. The van der Waals surface area contributed by atoms with Gasteiger partial charge in [0, 0.05) is 12.0 Å². The van der Waals surface area contributed by atoms with Crippen LogP contribution in [0.3, 0.4) is 0 Å². The highest BCUT2D eigenvalue weighted by Crippen LogP contribution is 2.52. The van der Waals surface area contributed by atoms with Crippen LogP contribution < -0.4 is 5.32 Å². The van der Waals surface area contributed by atoms with Gasteiger partial charge in [0.2, 0.25) is 0 Å². The molecular formula is C22H18N2O2. The summed E-state index contributed by atoms with van der Waals surface area (Å²) in [7, 11) is 0. The second-order valence-corrected chi connectivity index (χ2v) is 7.04. The quantitative estimate of drug-likeness (QED) is 0.376. The van der Waals surface area contributed by atoms with Crippen LogP contribution in [0.15, 0.2) is 72.8 Å². The number of benzene rings is 3. The highest BCUT2D eigenvalue weighted by molar-refractivity contribution is 5.87. The molecular weight excluding hydrogens is 324 g/mol. The summed E-state index contributed by atoms with van der Waals surface area (Å²) >= 11 is 0.